The number of amides is 2. The number of fused-ring (bicyclic) bond motifs is 1. The second-order valence-corrected chi connectivity index (χ2v) is 7.50. The number of benzene rings is 1. The molecule has 2 heterocycles. The van der Waals surface area contributed by atoms with Crippen LogP contribution in [0.1, 0.15) is 44.2 Å². The van der Waals surface area contributed by atoms with E-state index in [0.29, 0.717) is 17.9 Å². The zero-order valence-corrected chi connectivity index (χ0v) is 15.9. The van der Waals surface area contributed by atoms with Crippen molar-refractivity contribution in [1.82, 2.24) is 9.78 Å². The number of hydrogen-bond acceptors (Lipinski definition) is 5. The molecule has 27 heavy (non-hydrogen) atoms. The molecule has 0 unspecified atom stereocenters. The number of nitrogens with two attached hydrogens (primary N) is 1. The van der Waals surface area contributed by atoms with Crippen LogP contribution < -0.4 is 20.5 Å². The van der Waals surface area contributed by atoms with Gasteiger partial charge in [0.15, 0.2) is 18.1 Å². The van der Waals surface area contributed by atoms with Crippen molar-refractivity contribution in [2.75, 3.05) is 19.0 Å². The number of carbonyl (C=O) groups is 2. The fourth-order valence-corrected chi connectivity index (χ4v) is 3.19. The van der Waals surface area contributed by atoms with Gasteiger partial charge in [0.05, 0.1) is 18.8 Å². The number of ether oxygens (including phenoxy) is 2. The molecule has 0 saturated carbocycles. The van der Waals surface area contributed by atoms with E-state index in [2.05, 4.69) is 10.4 Å². The van der Waals surface area contributed by atoms with Crippen molar-refractivity contribution < 1.29 is 19.1 Å². The molecule has 2 amide bonds. The number of nitrogens with zero attached hydrogens (tertiary/aromatic N) is 2. The van der Waals surface area contributed by atoms with Gasteiger partial charge < -0.3 is 20.5 Å². The molecular formula is C19H24N4O4. The number of carbonyl (C=O) groups excluding carboxylic acids is 2. The number of primary amides is 1. The molecule has 1 atom stereocenters. The average Bonchev–Trinajstić information content (AvgIpc) is 3.03. The average molecular weight is 372 g/mol. The van der Waals surface area contributed by atoms with E-state index in [9.17, 15) is 9.59 Å². The van der Waals surface area contributed by atoms with Gasteiger partial charge in [0, 0.05) is 17.9 Å². The van der Waals surface area contributed by atoms with Crippen molar-refractivity contribution in [3.8, 4) is 11.5 Å². The molecule has 0 bridgehead atoms. The summed E-state index contributed by atoms with van der Waals surface area (Å²) in [4.78, 5) is 23.3. The summed E-state index contributed by atoms with van der Waals surface area (Å²) in [6.45, 7) is 5.86. The summed E-state index contributed by atoms with van der Waals surface area (Å²) in [6, 6.07) is 5.40. The van der Waals surface area contributed by atoms with E-state index in [1.807, 2.05) is 37.6 Å². The SMILES string of the molecule is COc1cc([C@@H]2CC(=O)Nc3c2cnn3C(C)(C)C)ccc1OCC(N)=O. The molecule has 8 nitrogen and oxygen atoms in total. The van der Waals surface area contributed by atoms with E-state index in [1.165, 1.54) is 7.11 Å². The highest BCUT2D eigenvalue weighted by Gasteiger charge is 2.33. The van der Waals surface area contributed by atoms with Crippen LogP contribution in [0.4, 0.5) is 5.82 Å². The molecule has 3 rings (SSSR count). The van der Waals surface area contributed by atoms with Gasteiger partial charge in [-0.2, -0.15) is 5.10 Å². The Bertz CT molecular complexity index is 882. The molecule has 144 valence electrons. The number of methoxy groups -OCH3 is 1. The Morgan fingerprint density at radius 3 is 2.74 bits per heavy atom. The van der Waals surface area contributed by atoms with Crippen LogP contribution >= 0.6 is 0 Å². The first-order chi connectivity index (χ1) is 12.7. The first-order valence-electron chi connectivity index (χ1n) is 8.68. The maximum Gasteiger partial charge on any atom is 0.255 e. The van der Waals surface area contributed by atoms with Crippen LogP contribution in [-0.4, -0.2) is 35.3 Å². The summed E-state index contributed by atoms with van der Waals surface area (Å²) in [7, 11) is 1.52. The molecule has 1 aliphatic heterocycles. The van der Waals surface area contributed by atoms with Gasteiger partial charge in [0.25, 0.3) is 5.91 Å². The van der Waals surface area contributed by atoms with E-state index >= 15 is 0 Å². The second kappa shape index (κ2) is 6.94. The third kappa shape index (κ3) is 3.74. The smallest absolute Gasteiger partial charge is 0.255 e. The molecule has 0 saturated heterocycles. The zero-order valence-electron chi connectivity index (χ0n) is 15.9. The van der Waals surface area contributed by atoms with Gasteiger partial charge in [0.1, 0.15) is 5.82 Å². The van der Waals surface area contributed by atoms with Gasteiger partial charge in [-0.1, -0.05) is 6.07 Å². The largest absolute Gasteiger partial charge is 0.493 e. The third-order valence-electron chi connectivity index (χ3n) is 4.42. The number of anilines is 1. The van der Waals surface area contributed by atoms with Gasteiger partial charge in [0.2, 0.25) is 5.91 Å². The Balaban J connectivity index is 1.99. The van der Waals surface area contributed by atoms with Gasteiger partial charge >= 0.3 is 0 Å². The maximum absolute atomic E-state index is 12.3. The fourth-order valence-electron chi connectivity index (χ4n) is 3.19. The highest BCUT2D eigenvalue weighted by atomic mass is 16.5. The first kappa shape index (κ1) is 18.8. The lowest BCUT2D eigenvalue weighted by atomic mass is 9.87. The number of rotatable bonds is 5. The Hall–Kier alpha value is -3.03. The highest BCUT2D eigenvalue weighted by molar-refractivity contribution is 5.94. The second-order valence-electron chi connectivity index (χ2n) is 7.50. The van der Waals surface area contributed by atoms with E-state index in [1.54, 1.807) is 12.3 Å². The van der Waals surface area contributed by atoms with Crippen molar-refractivity contribution in [2.24, 2.45) is 5.73 Å². The Morgan fingerprint density at radius 1 is 1.37 bits per heavy atom. The topological polar surface area (TPSA) is 108 Å². The minimum atomic E-state index is -0.565. The van der Waals surface area contributed by atoms with Gasteiger partial charge in [-0.3, -0.25) is 9.59 Å². The molecular weight excluding hydrogens is 348 g/mol. The Kier molecular flexibility index (Phi) is 4.82. The first-order valence-corrected chi connectivity index (χ1v) is 8.68. The summed E-state index contributed by atoms with van der Waals surface area (Å²) in [5, 5.41) is 7.42. The Morgan fingerprint density at radius 2 is 2.11 bits per heavy atom. The Labute approximate surface area is 157 Å². The molecule has 8 heteroatoms. The molecule has 0 fully saturated rings. The molecule has 0 aliphatic carbocycles. The molecule has 3 N–H and O–H groups in total. The third-order valence-corrected chi connectivity index (χ3v) is 4.42. The fraction of sp³-hybridized carbons (Fsp3) is 0.421. The summed E-state index contributed by atoms with van der Waals surface area (Å²) >= 11 is 0. The van der Waals surface area contributed by atoms with Gasteiger partial charge in [-0.25, -0.2) is 4.68 Å². The van der Waals surface area contributed by atoms with Crippen LogP contribution in [0.15, 0.2) is 24.4 Å². The van der Waals surface area contributed by atoms with E-state index in [4.69, 9.17) is 15.2 Å². The predicted molar refractivity (Wildman–Crippen MR) is 100.0 cm³/mol. The monoisotopic (exact) mass is 372 g/mol. The van der Waals surface area contributed by atoms with Crippen LogP contribution in [-0.2, 0) is 15.1 Å². The van der Waals surface area contributed by atoms with Crippen LogP contribution in [0.2, 0.25) is 0 Å². The normalized spacial score (nSPS) is 16.4. The summed E-state index contributed by atoms with van der Waals surface area (Å²) in [5.41, 5.74) is 6.73. The molecule has 1 aliphatic rings. The molecule has 2 aromatic rings. The van der Waals surface area contributed by atoms with Crippen molar-refractivity contribution in [3.63, 3.8) is 0 Å². The summed E-state index contributed by atoms with van der Waals surface area (Å²) in [5.74, 6) is 0.840. The predicted octanol–water partition coefficient (Wildman–Crippen LogP) is 1.98. The summed E-state index contributed by atoms with van der Waals surface area (Å²) < 4.78 is 12.6. The molecule has 1 aromatic carbocycles. The lowest BCUT2D eigenvalue weighted by Crippen LogP contribution is -2.30. The van der Waals surface area contributed by atoms with Crippen LogP contribution in [0, 0.1) is 0 Å². The summed E-state index contributed by atoms with van der Waals surface area (Å²) in [6.07, 6.45) is 2.11. The standard InChI is InChI=1S/C19H24N4O4/c1-19(2,3)23-18-13(9-21-23)12(8-17(25)22-18)11-5-6-14(15(7-11)26-4)27-10-16(20)24/h5-7,9,12H,8,10H2,1-4H3,(H2,20,24)(H,22,25)/t12-/m0/s1. The molecule has 0 spiro atoms. The number of nitrogens with one attached hydrogen (secondary N) is 1. The van der Waals surface area contributed by atoms with Crippen LogP contribution in [0.5, 0.6) is 11.5 Å². The van der Waals surface area contributed by atoms with Crippen molar-refractivity contribution in [1.29, 1.82) is 0 Å². The van der Waals surface area contributed by atoms with Gasteiger partial charge in [-0.05, 0) is 38.5 Å². The minimum absolute atomic E-state index is 0.0634. The van der Waals surface area contributed by atoms with Gasteiger partial charge in [-0.15, -0.1) is 0 Å². The minimum Gasteiger partial charge on any atom is -0.493 e. The van der Waals surface area contributed by atoms with Crippen molar-refractivity contribution in [2.45, 2.75) is 38.6 Å². The quantitative estimate of drug-likeness (QED) is 0.834. The zero-order chi connectivity index (χ0) is 19.8. The maximum atomic E-state index is 12.3. The van der Waals surface area contributed by atoms with E-state index in [0.717, 1.165) is 16.9 Å². The highest BCUT2D eigenvalue weighted by Crippen LogP contribution is 2.41. The number of aromatic nitrogens is 2. The lowest BCUT2D eigenvalue weighted by molar-refractivity contribution is -0.120. The molecule has 0 radical (unpaired) electrons. The number of hydrogen-bond donors (Lipinski definition) is 2. The lowest BCUT2D eigenvalue weighted by Gasteiger charge is -2.28. The van der Waals surface area contributed by atoms with E-state index in [-0.39, 0.29) is 24.0 Å². The van der Waals surface area contributed by atoms with Crippen molar-refractivity contribution in [3.05, 3.63) is 35.5 Å². The van der Waals surface area contributed by atoms with Crippen LogP contribution in [0.3, 0.4) is 0 Å². The van der Waals surface area contributed by atoms with Crippen LogP contribution in [0.25, 0.3) is 0 Å². The van der Waals surface area contributed by atoms with E-state index < -0.39 is 5.91 Å². The van der Waals surface area contributed by atoms with Crippen molar-refractivity contribution >= 4 is 17.6 Å². The molecule has 1 aromatic heterocycles.